The number of rotatable bonds is 3. The summed E-state index contributed by atoms with van der Waals surface area (Å²) in [5.41, 5.74) is 3.38. The van der Waals surface area contributed by atoms with Crippen molar-refractivity contribution in [2.45, 2.75) is 39.2 Å². The number of nitrogens with one attached hydrogen (secondary N) is 2. The summed E-state index contributed by atoms with van der Waals surface area (Å²) in [6.45, 7) is 4.08. The first-order chi connectivity index (χ1) is 9.15. The number of aromatic amines is 1. The van der Waals surface area contributed by atoms with Gasteiger partial charge in [-0.25, -0.2) is 0 Å². The Morgan fingerprint density at radius 3 is 3.05 bits per heavy atom. The fourth-order valence-corrected chi connectivity index (χ4v) is 2.38. The Labute approximate surface area is 111 Å². The fourth-order valence-electron chi connectivity index (χ4n) is 2.38. The molecule has 6 heteroatoms. The van der Waals surface area contributed by atoms with Crippen molar-refractivity contribution in [3.8, 4) is 0 Å². The number of H-pyrrole nitrogens is 1. The highest BCUT2D eigenvalue weighted by Crippen LogP contribution is 2.23. The molecular weight excluding hydrogens is 242 g/mol. The second kappa shape index (κ2) is 4.53. The van der Waals surface area contributed by atoms with Gasteiger partial charge in [0, 0.05) is 23.5 Å². The lowest BCUT2D eigenvalue weighted by Gasteiger charge is -2.03. The van der Waals surface area contributed by atoms with Crippen molar-refractivity contribution >= 4 is 11.6 Å². The van der Waals surface area contributed by atoms with Crippen molar-refractivity contribution in [2.24, 2.45) is 0 Å². The molecule has 0 spiro atoms. The molecule has 1 aliphatic carbocycles. The van der Waals surface area contributed by atoms with Gasteiger partial charge < -0.3 is 5.32 Å². The summed E-state index contributed by atoms with van der Waals surface area (Å²) in [5.74, 6) is -0.164. The Balaban J connectivity index is 1.77. The molecule has 0 aromatic carbocycles. The van der Waals surface area contributed by atoms with Crippen molar-refractivity contribution < 1.29 is 4.79 Å². The number of aromatic nitrogens is 4. The lowest BCUT2D eigenvalue weighted by molar-refractivity contribution is 0.102. The van der Waals surface area contributed by atoms with Gasteiger partial charge in [-0.1, -0.05) is 0 Å². The van der Waals surface area contributed by atoms with Gasteiger partial charge >= 0.3 is 0 Å². The molecule has 0 atom stereocenters. The Morgan fingerprint density at radius 2 is 2.32 bits per heavy atom. The van der Waals surface area contributed by atoms with Gasteiger partial charge in [0.05, 0.1) is 11.9 Å². The maximum Gasteiger partial charge on any atom is 0.276 e. The SMILES string of the molecule is CC(C)n1cc(NC(=O)c2n[nH]c3c2CCC3)cn1. The Bertz CT molecular complexity index is 610. The van der Waals surface area contributed by atoms with Gasteiger partial charge in [0.2, 0.25) is 0 Å². The largest absolute Gasteiger partial charge is 0.318 e. The van der Waals surface area contributed by atoms with E-state index in [-0.39, 0.29) is 11.9 Å². The average molecular weight is 259 g/mol. The number of fused-ring (bicyclic) bond motifs is 1. The summed E-state index contributed by atoms with van der Waals surface area (Å²) in [7, 11) is 0. The van der Waals surface area contributed by atoms with Crippen LogP contribution in [-0.4, -0.2) is 25.9 Å². The molecule has 0 saturated heterocycles. The first-order valence-electron chi connectivity index (χ1n) is 6.57. The molecule has 0 fully saturated rings. The normalized spacial score (nSPS) is 13.8. The van der Waals surface area contributed by atoms with E-state index < -0.39 is 0 Å². The van der Waals surface area contributed by atoms with Crippen LogP contribution >= 0.6 is 0 Å². The number of hydrogen-bond acceptors (Lipinski definition) is 3. The van der Waals surface area contributed by atoms with Crippen LogP contribution in [0, 0.1) is 0 Å². The van der Waals surface area contributed by atoms with E-state index in [2.05, 4.69) is 20.6 Å². The number of aryl methyl sites for hydroxylation is 1. The smallest absolute Gasteiger partial charge is 0.276 e. The minimum absolute atomic E-state index is 0.164. The highest BCUT2D eigenvalue weighted by molar-refractivity contribution is 6.04. The Hall–Kier alpha value is -2.11. The Morgan fingerprint density at radius 1 is 1.47 bits per heavy atom. The number of carbonyl (C=O) groups excluding carboxylic acids is 1. The summed E-state index contributed by atoms with van der Waals surface area (Å²) >= 11 is 0. The van der Waals surface area contributed by atoms with Gasteiger partial charge in [0.25, 0.3) is 5.91 Å². The standard InChI is InChI=1S/C13H17N5O/c1-8(2)18-7-9(6-14-18)15-13(19)12-10-4-3-5-11(10)16-17-12/h6-8H,3-5H2,1-2H3,(H,15,19)(H,16,17). The van der Waals surface area contributed by atoms with Crippen LogP contribution in [0.2, 0.25) is 0 Å². The molecule has 6 nitrogen and oxygen atoms in total. The van der Waals surface area contributed by atoms with E-state index >= 15 is 0 Å². The summed E-state index contributed by atoms with van der Waals surface area (Å²) < 4.78 is 1.81. The van der Waals surface area contributed by atoms with Crippen LogP contribution in [0.15, 0.2) is 12.4 Å². The molecule has 1 amide bonds. The van der Waals surface area contributed by atoms with Crippen LogP contribution in [-0.2, 0) is 12.8 Å². The Kier molecular flexibility index (Phi) is 2.85. The predicted octanol–water partition coefficient (Wildman–Crippen LogP) is 1.93. The molecule has 3 rings (SSSR count). The molecule has 0 saturated carbocycles. The zero-order valence-corrected chi connectivity index (χ0v) is 11.1. The number of amides is 1. The van der Waals surface area contributed by atoms with Crippen molar-refractivity contribution in [3.05, 3.63) is 29.3 Å². The zero-order chi connectivity index (χ0) is 13.4. The zero-order valence-electron chi connectivity index (χ0n) is 11.1. The number of anilines is 1. The third-order valence-electron chi connectivity index (χ3n) is 3.41. The van der Waals surface area contributed by atoms with E-state index in [4.69, 9.17) is 0 Å². The summed E-state index contributed by atoms with van der Waals surface area (Å²) in [5, 5.41) is 14.1. The quantitative estimate of drug-likeness (QED) is 0.884. The van der Waals surface area contributed by atoms with Gasteiger partial charge in [0.1, 0.15) is 0 Å². The van der Waals surface area contributed by atoms with Gasteiger partial charge in [-0.3, -0.25) is 14.6 Å². The van der Waals surface area contributed by atoms with Crippen molar-refractivity contribution in [3.63, 3.8) is 0 Å². The van der Waals surface area contributed by atoms with Crippen LogP contribution in [0.3, 0.4) is 0 Å². The fraction of sp³-hybridized carbons (Fsp3) is 0.462. The van der Waals surface area contributed by atoms with E-state index in [1.54, 1.807) is 6.20 Å². The molecule has 2 heterocycles. The molecule has 19 heavy (non-hydrogen) atoms. The number of hydrogen-bond donors (Lipinski definition) is 2. The van der Waals surface area contributed by atoms with Crippen LogP contribution in [0.1, 0.15) is 48.1 Å². The molecule has 0 aliphatic heterocycles. The van der Waals surface area contributed by atoms with Crippen LogP contribution in [0.5, 0.6) is 0 Å². The monoisotopic (exact) mass is 259 g/mol. The topological polar surface area (TPSA) is 75.6 Å². The predicted molar refractivity (Wildman–Crippen MR) is 71.2 cm³/mol. The van der Waals surface area contributed by atoms with E-state index in [0.717, 1.165) is 30.5 Å². The lowest BCUT2D eigenvalue weighted by atomic mass is 10.2. The molecule has 0 bridgehead atoms. The van der Waals surface area contributed by atoms with Crippen molar-refractivity contribution in [1.29, 1.82) is 0 Å². The molecule has 0 radical (unpaired) electrons. The first kappa shape index (κ1) is 12.0. The third-order valence-corrected chi connectivity index (χ3v) is 3.41. The molecule has 2 aromatic heterocycles. The molecule has 2 aromatic rings. The highest BCUT2D eigenvalue weighted by atomic mass is 16.2. The van der Waals surface area contributed by atoms with Gasteiger partial charge in [-0.05, 0) is 33.1 Å². The number of nitrogens with zero attached hydrogens (tertiary/aromatic N) is 3. The van der Waals surface area contributed by atoms with Gasteiger partial charge in [0.15, 0.2) is 5.69 Å². The molecular formula is C13H17N5O. The van der Waals surface area contributed by atoms with Crippen LogP contribution in [0.25, 0.3) is 0 Å². The van der Waals surface area contributed by atoms with E-state index in [1.807, 2.05) is 24.7 Å². The van der Waals surface area contributed by atoms with E-state index in [1.165, 1.54) is 0 Å². The minimum Gasteiger partial charge on any atom is -0.318 e. The molecule has 1 aliphatic rings. The number of carbonyl (C=O) groups is 1. The summed E-state index contributed by atoms with van der Waals surface area (Å²) in [6, 6.07) is 0.278. The molecule has 100 valence electrons. The van der Waals surface area contributed by atoms with E-state index in [9.17, 15) is 4.79 Å². The average Bonchev–Trinajstić information content (AvgIpc) is 3.03. The van der Waals surface area contributed by atoms with Gasteiger partial charge in [-0.15, -0.1) is 0 Å². The van der Waals surface area contributed by atoms with Crippen LogP contribution in [0.4, 0.5) is 5.69 Å². The molecule has 2 N–H and O–H groups in total. The summed E-state index contributed by atoms with van der Waals surface area (Å²) in [6.07, 6.45) is 6.50. The summed E-state index contributed by atoms with van der Waals surface area (Å²) in [4.78, 5) is 12.2. The van der Waals surface area contributed by atoms with E-state index in [0.29, 0.717) is 11.4 Å². The highest BCUT2D eigenvalue weighted by Gasteiger charge is 2.23. The maximum absolute atomic E-state index is 12.2. The lowest BCUT2D eigenvalue weighted by Crippen LogP contribution is -2.14. The molecule has 0 unspecified atom stereocenters. The van der Waals surface area contributed by atoms with Crippen molar-refractivity contribution in [1.82, 2.24) is 20.0 Å². The minimum atomic E-state index is -0.164. The van der Waals surface area contributed by atoms with Crippen molar-refractivity contribution in [2.75, 3.05) is 5.32 Å². The second-order valence-electron chi connectivity index (χ2n) is 5.14. The van der Waals surface area contributed by atoms with Gasteiger partial charge in [-0.2, -0.15) is 10.2 Å². The third kappa shape index (κ3) is 2.14. The first-order valence-corrected chi connectivity index (χ1v) is 6.57. The van der Waals surface area contributed by atoms with Crippen LogP contribution < -0.4 is 5.32 Å². The second-order valence-corrected chi connectivity index (χ2v) is 5.14. The maximum atomic E-state index is 12.2.